The van der Waals surface area contributed by atoms with Crippen molar-refractivity contribution < 1.29 is 28.3 Å². The second-order valence-corrected chi connectivity index (χ2v) is 6.01. The minimum absolute atomic E-state index is 0.0338. The molecule has 1 atom stereocenters. The summed E-state index contributed by atoms with van der Waals surface area (Å²) in [6.07, 6.45) is -0.310. The van der Waals surface area contributed by atoms with Crippen LogP contribution in [0.2, 0.25) is 0 Å². The van der Waals surface area contributed by atoms with Crippen LogP contribution in [-0.2, 0) is 9.53 Å². The molecule has 1 amide bonds. The predicted octanol–water partition coefficient (Wildman–Crippen LogP) is 1.41. The van der Waals surface area contributed by atoms with E-state index >= 15 is 0 Å². The minimum atomic E-state index is -0.748. The number of fused-ring (bicyclic) bond motifs is 1. The van der Waals surface area contributed by atoms with Gasteiger partial charge in [0.2, 0.25) is 5.88 Å². The number of carbonyl (C=O) groups excluding carboxylic acids is 2. The highest BCUT2D eigenvalue weighted by atomic mass is 16.6. The van der Waals surface area contributed by atoms with Crippen LogP contribution < -0.4 is 15.2 Å². The molecule has 1 aliphatic rings. The van der Waals surface area contributed by atoms with Gasteiger partial charge < -0.3 is 29.4 Å². The van der Waals surface area contributed by atoms with Gasteiger partial charge in [-0.15, -0.1) is 0 Å². The zero-order valence-corrected chi connectivity index (χ0v) is 15.1. The second kappa shape index (κ2) is 7.98. The van der Waals surface area contributed by atoms with Crippen molar-refractivity contribution in [3.8, 4) is 11.5 Å². The number of aryl methyl sites for hydroxylation is 1. The first-order chi connectivity index (χ1) is 13.0. The lowest BCUT2D eigenvalue weighted by atomic mass is 10.2. The SMILES string of the molecule is CCN(CC1COc2ccccc2O1)C(=O)COC(=O)c1c(C)noc1N. The van der Waals surface area contributed by atoms with Crippen LogP contribution in [0.4, 0.5) is 5.88 Å². The first kappa shape index (κ1) is 18.6. The molecular weight excluding hydrogens is 354 g/mol. The standard InChI is InChI=1S/C18H21N3O6/c1-3-21(8-12-9-24-13-6-4-5-7-14(13)26-12)15(22)10-25-18(23)16-11(2)20-27-17(16)19/h4-7,12H,3,8-10,19H2,1-2H3. The number of rotatable bonds is 6. The van der Waals surface area contributed by atoms with Crippen LogP contribution in [-0.4, -0.2) is 54.3 Å². The lowest BCUT2D eigenvalue weighted by molar-refractivity contribution is -0.135. The molecule has 9 heteroatoms. The van der Waals surface area contributed by atoms with Gasteiger partial charge in [-0.1, -0.05) is 17.3 Å². The molecule has 0 saturated carbocycles. The highest BCUT2D eigenvalue weighted by molar-refractivity contribution is 5.96. The number of esters is 1. The maximum absolute atomic E-state index is 12.4. The van der Waals surface area contributed by atoms with E-state index in [0.717, 1.165) is 0 Å². The summed E-state index contributed by atoms with van der Waals surface area (Å²) in [5, 5.41) is 3.58. The van der Waals surface area contributed by atoms with Crippen LogP contribution >= 0.6 is 0 Å². The molecule has 2 N–H and O–H groups in total. The van der Waals surface area contributed by atoms with Crippen molar-refractivity contribution in [3.05, 3.63) is 35.5 Å². The van der Waals surface area contributed by atoms with E-state index in [1.54, 1.807) is 11.8 Å². The smallest absolute Gasteiger partial charge is 0.346 e. The Labute approximate surface area is 155 Å². The van der Waals surface area contributed by atoms with E-state index in [1.165, 1.54) is 0 Å². The van der Waals surface area contributed by atoms with Crippen LogP contribution in [0, 0.1) is 6.92 Å². The van der Waals surface area contributed by atoms with Gasteiger partial charge in [0.25, 0.3) is 5.91 Å². The van der Waals surface area contributed by atoms with Crippen LogP contribution in [0.1, 0.15) is 23.0 Å². The van der Waals surface area contributed by atoms with E-state index in [1.807, 2.05) is 31.2 Å². The molecule has 1 aliphatic heterocycles. The number of carbonyl (C=O) groups is 2. The number of aromatic nitrogens is 1. The van der Waals surface area contributed by atoms with Crippen LogP contribution in [0.25, 0.3) is 0 Å². The maximum atomic E-state index is 12.4. The van der Waals surface area contributed by atoms with Gasteiger partial charge in [0.1, 0.15) is 12.2 Å². The average Bonchev–Trinajstić information content (AvgIpc) is 3.02. The number of nitrogens with zero attached hydrogens (tertiary/aromatic N) is 2. The molecule has 2 aromatic rings. The number of ether oxygens (including phenoxy) is 3. The van der Waals surface area contributed by atoms with Crippen LogP contribution in [0.15, 0.2) is 28.8 Å². The third kappa shape index (κ3) is 4.13. The average molecular weight is 375 g/mol. The van der Waals surface area contributed by atoms with E-state index in [2.05, 4.69) is 5.16 Å². The highest BCUT2D eigenvalue weighted by Crippen LogP contribution is 2.31. The third-order valence-electron chi connectivity index (χ3n) is 4.15. The number of benzene rings is 1. The van der Waals surface area contributed by atoms with E-state index in [9.17, 15) is 9.59 Å². The van der Waals surface area contributed by atoms with Crippen molar-refractivity contribution in [2.24, 2.45) is 0 Å². The zero-order chi connectivity index (χ0) is 19.4. The van der Waals surface area contributed by atoms with Crippen LogP contribution in [0.3, 0.4) is 0 Å². The van der Waals surface area contributed by atoms with Crippen molar-refractivity contribution >= 4 is 17.8 Å². The number of amides is 1. The fourth-order valence-corrected chi connectivity index (χ4v) is 2.73. The van der Waals surface area contributed by atoms with E-state index in [-0.39, 0.29) is 23.5 Å². The molecule has 3 rings (SSSR count). The molecule has 1 unspecified atom stereocenters. The largest absolute Gasteiger partial charge is 0.486 e. The first-order valence-corrected chi connectivity index (χ1v) is 8.54. The Kier molecular flexibility index (Phi) is 5.49. The quantitative estimate of drug-likeness (QED) is 0.753. The Hall–Kier alpha value is -3.23. The molecule has 0 bridgehead atoms. The number of hydrogen-bond donors (Lipinski definition) is 1. The molecule has 144 valence electrons. The molecule has 2 heterocycles. The van der Waals surface area contributed by atoms with Gasteiger partial charge in [-0.2, -0.15) is 0 Å². The predicted molar refractivity (Wildman–Crippen MR) is 94.5 cm³/mol. The first-order valence-electron chi connectivity index (χ1n) is 8.54. The van der Waals surface area contributed by atoms with E-state index < -0.39 is 12.6 Å². The van der Waals surface area contributed by atoms with Crippen molar-refractivity contribution in [3.63, 3.8) is 0 Å². The number of nitrogens with two attached hydrogens (primary N) is 1. The lowest BCUT2D eigenvalue weighted by Crippen LogP contribution is -2.45. The normalized spacial score (nSPS) is 15.3. The molecule has 0 fully saturated rings. The van der Waals surface area contributed by atoms with Crippen molar-refractivity contribution in [2.75, 3.05) is 32.0 Å². The Morgan fingerprint density at radius 1 is 1.33 bits per heavy atom. The Bertz CT molecular complexity index is 815. The second-order valence-electron chi connectivity index (χ2n) is 6.01. The molecule has 0 radical (unpaired) electrons. The van der Waals surface area contributed by atoms with Crippen LogP contribution in [0.5, 0.6) is 11.5 Å². The van der Waals surface area contributed by atoms with Gasteiger partial charge in [-0.05, 0) is 26.0 Å². The fraction of sp³-hybridized carbons (Fsp3) is 0.389. The monoisotopic (exact) mass is 375 g/mol. The molecule has 1 aromatic heterocycles. The number of hydrogen-bond acceptors (Lipinski definition) is 8. The summed E-state index contributed by atoms with van der Waals surface area (Å²) >= 11 is 0. The highest BCUT2D eigenvalue weighted by Gasteiger charge is 2.26. The summed E-state index contributed by atoms with van der Waals surface area (Å²) in [7, 11) is 0. The molecular formula is C18H21N3O6. The van der Waals surface area contributed by atoms with Crippen molar-refractivity contribution in [2.45, 2.75) is 20.0 Å². The van der Waals surface area contributed by atoms with Gasteiger partial charge in [0, 0.05) is 6.54 Å². The number of anilines is 1. The fourth-order valence-electron chi connectivity index (χ4n) is 2.73. The number of likely N-dealkylation sites (N-methyl/N-ethyl adjacent to an activating group) is 1. The number of para-hydroxylation sites is 2. The summed E-state index contributed by atoms with van der Waals surface area (Å²) in [6, 6.07) is 7.35. The Balaban J connectivity index is 1.55. The third-order valence-corrected chi connectivity index (χ3v) is 4.15. The number of nitrogen functional groups attached to an aromatic ring is 1. The van der Waals surface area contributed by atoms with Gasteiger partial charge in [0.15, 0.2) is 24.2 Å². The summed E-state index contributed by atoms with van der Waals surface area (Å²) < 4.78 is 21.3. The van der Waals surface area contributed by atoms with Gasteiger partial charge >= 0.3 is 5.97 Å². The lowest BCUT2D eigenvalue weighted by Gasteiger charge is -2.30. The molecule has 0 aliphatic carbocycles. The maximum Gasteiger partial charge on any atom is 0.346 e. The van der Waals surface area contributed by atoms with E-state index in [4.69, 9.17) is 24.5 Å². The molecule has 27 heavy (non-hydrogen) atoms. The topological polar surface area (TPSA) is 117 Å². The Morgan fingerprint density at radius 2 is 2.07 bits per heavy atom. The van der Waals surface area contributed by atoms with Gasteiger partial charge in [-0.3, -0.25) is 4.79 Å². The molecule has 9 nitrogen and oxygen atoms in total. The molecule has 1 aromatic carbocycles. The summed E-state index contributed by atoms with van der Waals surface area (Å²) in [4.78, 5) is 26.0. The summed E-state index contributed by atoms with van der Waals surface area (Å²) in [5.41, 5.74) is 5.88. The van der Waals surface area contributed by atoms with Crippen molar-refractivity contribution in [1.29, 1.82) is 0 Å². The minimum Gasteiger partial charge on any atom is -0.486 e. The summed E-state index contributed by atoms with van der Waals surface area (Å²) in [5.74, 6) is 0.0901. The Morgan fingerprint density at radius 3 is 2.74 bits per heavy atom. The molecule has 0 spiro atoms. The van der Waals surface area contributed by atoms with Crippen molar-refractivity contribution in [1.82, 2.24) is 10.1 Å². The van der Waals surface area contributed by atoms with E-state index in [0.29, 0.717) is 36.9 Å². The van der Waals surface area contributed by atoms with Gasteiger partial charge in [0.05, 0.1) is 12.2 Å². The van der Waals surface area contributed by atoms with Gasteiger partial charge in [-0.25, -0.2) is 4.79 Å². The zero-order valence-electron chi connectivity index (χ0n) is 15.1. The summed E-state index contributed by atoms with van der Waals surface area (Å²) in [6.45, 7) is 4.06. The molecule has 0 saturated heterocycles.